The van der Waals surface area contributed by atoms with E-state index in [0.717, 1.165) is 0 Å². The molecule has 2 heterocycles. The van der Waals surface area contributed by atoms with Gasteiger partial charge in [0, 0.05) is 12.3 Å². The lowest BCUT2D eigenvalue weighted by molar-refractivity contribution is -0.130. The minimum atomic E-state index is -0.582. The SMILES string of the molecule is CC(=O)N(c1ccccc1)c1nc(C=C2N=C(c3ccccc3Cl)OC2=O)cs1. The zero-order chi connectivity index (χ0) is 20.4. The van der Waals surface area contributed by atoms with E-state index in [1.165, 1.54) is 29.2 Å². The van der Waals surface area contributed by atoms with Gasteiger partial charge in [-0.3, -0.25) is 9.69 Å². The summed E-state index contributed by atoms with van der Waals surface area (Å²) in [4.78, 5) is 34.6. The van der Waals surface area contributed by atoms with Crippen LogP contribution in [0.4, 0.5) is 10.8 Å². The summed E-state index contributed by atoms with van der Waals surface area (Å²) < 4.78 is 5.24. The fourth-order valence-corrected chi connectivity index (χ4v) is 3.81. The number of anilines is 2. The number of aromatic nitrogens is 1. The topological polar surface area (TPSA) is 71.9 Å². The summed E-state index contributed by atoms with van der Waals surface area (Å²) >= 11 is 7.44. The number of cyclic esters (lactones) is 1. The molecular formula is C21H14ClN3O3S. The Morgan fingerprint density at radius 2 is 1.86 bits per heavy atom. The van der Waals surface area contributed by atoms with E-state index in [2.05, 4.69) is 9.98 Å². The van der Waals surface area contributed by atoms with E-state index in [1.54, 1.807) is 29.6 Å². The normalized spacial score (nSPS) is 14.6. The van der Waals surface area contributed by atoms with Crippen LogP contribution in [0.25, 0.3) is 6.08 Å². The molecule has 0 unspecified atom stereocenters. The highest BCUT2D eigenvalue weighted by molar-refractivity contribution is 7.14. The zero-order valence-corrected chi connectivity index (χ0v) is 16.8. The number of carbonyl (C=O) groups is 2. The van der Waals surface area contributed by atoms with Crippen LogP contribution in [0.3, 0.4) is 0 Å². The van der Waals surface area contributed by atoms with Crippen LogP contribution in [0.15, 0.2) is 70.7 Å². The molecule has 0 spiro atoms. The molecule has 0 fully saturated rings. The summed E-state index contributed by atoms with van der Waals surface area (Å²) in [5.74, 6) is -0.595. The van der Waals surface area contributed by atoms with E-state index >= 15 is 0 Å². The molecule has 0 bridgehead atoms. The number of ether oxygens (including phenoxy) is 1. The molecule has 1 amide bonds. The van der Waals surface area contributed by atoms with Crippen molar-refractivity contribution in [1.82, 2.24) is 4.98 Å². The van der Waals surface area contributed by atoms with Crippen LogP contribution < -0.4 is 4.90 Å². The number of esters is 1. The Hall–Kier alpha value is -3.29. The van der Waals surface area contributed by atoms with Gasteiger partial charge >= 0.3 is 5.97 Å². The summed E-state index contributed by atoms with van der Waals surface area (Å²) in [6.07, 6.45) is 1.52. The lowest BCUT2D eigenvalue weighted by Gasteiger charge is -2.17. The molecule has 0 atom stereocenters. The minimum Gasteiger partial charge on any atom is -0.402 e. The fourth-order valence-electron chi connectivity index (χ4n) is 2.75. The minimum absolute atomic E-state index is 0.117. The van der Waals surface area contributed by atoms with Gasteiger partial charge in [-0.2, -0.15) is 0 Å². The molecule has 2 aromatic carbocycles. The van der Waals surface area contributed by atoms with Gasteiger partial charge in [-0.25, -0.2) is 14.8 Å². The van der Waals surface area contributed by atoms with Crippen molar-refractivity contribution in [1.29, 1.82) is 0 Å². The maximum Gasteiger partial charge on any atom is 0.363 e. The number of hydrogen-bond acceptors (Lipinski definition) is 6. The first-order valence-corrected chi connectivity index (χ1v) is 9.87. The smallest absolute Gasteiger partial charge is 0.363 e. The second-order valence-electron chi connectivity index (χ2n) is 6.06. The number of rotatable bonds is 4. The number of nitrogens with zero attached hydrogens (tertiary/aromatic N) is 3. The third-order valence-corrected chi connectivity index (χ3v) is 5.21. The van der Waals surface area contributed by atoms with Crippen LogP contribution in [0, 0.1) is 0 Å². The molecule has 4 rings (SSSR count). The average Bonchev–Trinajstić information content (AvgIpc) is 3.30. The Morgan fingerprint density at radius 3 is 2.59 bits per heavy atom. The quantitative estimate of drug-likeness (QED) is 0.445. The van der Waals surface area contributed by atoms with Crippen molar-refractivity contribution in [3.63, 3.8) is 0 Å². The number of thiazole rings is 1. The average molecular weight is 424 g/mol. The molecule has 144 valence electrons. The molecule has 0 N–H and O–H groups in total. The van der Waals surface area contributed by atoms with E-state index in [9.17, 15) is 9.59 Å². The van der Waals surface area contributed by atoms with Crippen LogP contribution in [0.2, 0.25) is 5.02 Å². The summed E-state index contributed by atoms with van der Waals surface area (Å²) in [7, 11) is 0. The van der Waals surface area contributed by atoms with Crippen molar-refractivity contribution < 1.29 is 14.3 Å². The molecule has 6 nitrogen and oxygen atoms in total. The summed E-state index contributed by atoms with van der Waals surface area (Å²) in [6.45, 7) is 1.47. The van der Waals surface area contributed by atoms with E-state index in [4.69, 9.17) is 16.3 Å². The highest BCUT2D eigenvalue weighted by atomic mass is 35.5. The third-order valence-electron chi connectivity index (χ3n) is 4.04. The van der Waals surface area contributed by atoms with E-state index in [1.807, 2.05) is 30.3 Å². The molecule has 3 aromatic rings. The van der Waals surface area contributed by atoms with Gasteiger partial charge in [0.15, 0.2) is 10.8 Å². The lowest BCUT2D eigenvalue weighted by Crippen LogP contribution is -2.22. The van der Waals surface area contributed by atoms with E-state index in [-0.39, 0.29) is 17.5 Å². The number of benzene rings is 2. The van der Waals surface area contributed by atoms with Crippen LogP contribution in [-0.2, 0) is 14.3 Å². The molecule has 0 saturated heterocycles. The van der Waals surface area contributed by atoms with E-state index < -0.39 is 5.97 Å². The Kier molecular flexibility index (Phi) is 5.24. The lowest BCUT2D eigenvalue weighted by atomic mass is 10.2. The van der Waals surface area contributed by atoms with Gasteiger partial charge in [0.2, 0.25) is 11.8 Å². The molecule has 8 heteroatoms. The van der Waals surface area contributed by atoms with Gasteiger partial charge in [0.25, 0.3) is 0 Å². The molecule has 1 aromatic heterocycles. The van der Waals surface area contributed by atoms with Crippen LogP contribution in [-0.4, -0.2) is 22.8 Å². The first kappa shape index (κ1) is 19.0. The van der Waals surface area contributed by atoms with Gasteiger partial charge in [0.1, 0.15) is 0 Å². The van der Waals surface area contributed by atoms with Gasteiger partial charge in [-0.05, 0) is 30.3 Å². The largest absolute Gasteiger partial charge is 0.402 e. The van der Waals surface area contributed by atoms with Gasteiger partial charge in [-0.1, -0.05) is 41.9 Å². The summed E-state index contributed by atoms with van der Waals surface area (Å²) in [5, 5.41) is 2.69. The molecule has 0 aliphatic carbocycles. The summed E-state index contributed by atoms with van der Waals surface area (Å²) in [5.41, 5.74) is 1.87. The summed E-state index contributed by atoms with van der Waals surface area (Å²) in [6, 6.07) is 16.2. The first-order valence-electron chi connectivity index (χ1n) is 8.61. The van der Waals surface area contributed by atoms with Crippen molar-refractivity contribution in [3.05, 3.63) is 82.0 Å². The Bertz CT molecular complexity index is 1150. The second kappa shape index (κ2) is 7.98. The third kappa shape index (κ3) is 3.96. The number of para-hydroxylation sites is 1. The maximum absolute atomic E-state index is 12.2. The molecule has 1 aliphatic rings. The number of hydrogen-bond donors (Lipinski definition) is 0. The van der Waals surface area contributed by atoms with Crippen molar-refractivity contribution in [2.45, 2.75) is 6.92 Å². The molecular weight excluding hydrogens is 410 g/mol. The van der Waals surface area contributed by atoms with Gasteiger partial charge in [-0.15, -0.1) is 11.3 Å². The van der Waals surface area contributed by atoms with Crippen molar-refractivity contribution in [3.8, 4) is 0 Å². The monoisotopic (exact) mass is 423 g/mol. The van der Waals surface area contributed by atoms with Crippen molar-refractivity contribution >= 4 is 57.6 Å². The fraction of sp³-hybridized carbons (Fsp3) is 0.0476. The Morgan fingerprint density at radius 1 is 1.14 bits per heavy atom. The van der Waals surface area contributed by atoms with Crippen LogP contribution in [0.5, 0.6) is 0 Å². The Labute approximate surface area is 175 Å². The molecule has 29 heavy (non-hydrogen) atoms. The number of aliphatic imine (C=N–C) groups is 1. The predicted molar refractivity (Wildman–Crippen MR) is 113 cm³/mol. The Balaban J connectivity index is 1.64. The van der Waals surface area contributed by atoms with Gasteiger partial charge in [0.05, 0.1) is 22.0 Å². The van der Waals surface area contributed by atoms with Crippen molar-refractivity contribution in [2.24, 2.45) is 4.99 Å². The van der Waals surface area contributed by atoms with Crippen LogP contribution >= 0.6 is 22.9 Å². The number of halogens is 1. The number of carbonyl (C=O) groups excluding carboxylic acids is 2. The maximum atomic E-state index is 12.2. The van der Waals surface area contributed by atoms with Gasteiger partial charge < -0.3 is 4.74 Å². The standard InChI is InChI=1S/C21H14ClN3O3S/c1-13(26)25(15-7-3-2-4-8-15)21-23-14(12-29-21)11-18-20(27)28-19(24-18)16-9-5-6-10-17(16)22/h2-12H,1H3. The molecule has 1 aliphatic heterocycles. The first-order chi connectivity index (χ1) is 14.0. The molecule has 0 radical (unpaired) electrons. The van der Waals surface area contributed by atoms with Crippen molar-refractivity contribution in [2.75, 3.05) is 4.90 Å². The van der Waals surface area contributed by atoms with Crippen LogP contribution in [0.1, 0.15) is 18.2 Å². The number of amides is 1. The van der Waals surface area contributed by atoms with E-state index in [0.29, 0.717) is 27.1 Å². The highest BCUT2D eigenvalue weighted by Gasteiger charge is 2.26. The zero-order valence-electron chi connectivity index (χ0n) is 15.2. The predicted octanol–water partition coefficient (Wildman–Crippen LogP) is 4.83. The molecule has 0 saturated carbocycles. The second-order valence-corrected chi connectivity index (χ2v) is 7.30. The highest BCUT2D eigenvalue weighted by Crippen LogP contribution is 2.30.